The van der Waals surface area contributed by atoms with Crippen LogP contribution in [0.1, 0.15) is 67.6 Å². The molecule has 3 aromatic carbocycles. The van der Waals surface area contributed by atoms with Gasteiger partial charge in [-0.1, -0.05) is 75.4 Å². The fraction of sp³-hybridized carbons (Fsp3) is 0.267. The second kappa shape index (κ2) is 10.5. The van der Waals surface area contributed by atoms with Crippen LogP contribution in [0.25, 0.3) is 22.2 Å². The van der Waals surface area contributed by atoms with Crippen LogP contribution in [-0.4, -0.2) is 17.5 Å². The lowest BCUT2D eigenvalue weighted by molar-refractivity contribution is 0.0937. The molecule has 0 saturated carbocycles. The maximum Gasteiger partial charge on any atom is 0.252 e. The summed E-state index contributed by atoms with van der Waals surface area (Å²) in [6.45, 7) is 8.98. The number of amides is 1. The normalized spacial score (nSPS) is 12.0. The maximum atomic E-state index is 13.6. The van der Waals surface area contributed by atoms with E-state index in [1.807, 2.05) is 61.5 Å². The third kappa shape index (κ3) is 4.96. The molecular formula is C30H32N2O2. The highest BCUT2D eigenvalue weighted by molar-refractivity contribution is 6.07. The minimum Gasteiger partial charge on any atom is -0.493 e. The number of carbonyl (C=O) groups excluding carboxylic acids is 1. The molecule has 0 radical (unpaired) electrons. The summed E-state index contributed by atoms with van der Waals surface area (Å²) in [7, 11) is 0. The van der Waals surface area contributed by atoms with Gasteiger partial charge in [-0.2, -0.15) is 0 Å². The molecule has 1 aromatic heterocycles. The first-order valence-electron chi connectivity index (χ1n) is 12.0. The van der Waals surface area contributed by atoms with Crippen molar-refractivity contribution in [3.63, 3.8) is 0 Å². The monoisotopic (exact) mass is 452 g/mol. The summed E-state index contributed by atoms with van der Waals surface area (Å²) in [5.74, 6) is 1.13. The number of pyridine rings is 1. The van der Waals surface area contributed by atoms with Crippen LogP contribution in [0.4, 0.5) is 0 Å². The summed E-state index contributed by atoms with van der Waals surface area (Å²) in [5, 5.41) is 4.10. The third-order valence-corrected chi connectivity index (χ3v) is 6.14. The first-order valence-corrected chi connectivity index (χ1v) is 12.0. The number of nitrogens with zero attached hydrogens (tertiary/aromatic N) is 1. The van der Waals surface area contributed by atoms with Crippen LogP contribution in [0.15, 0.2) is 78.9 Å². The van der Waals surface area contributed by atoms with Crippen LogP contribution < -0.4 is 10.1 Å². The van der Waals surface area contributed by atoms with Gasteiger partial charge >= 0.3 is 0 Å². The number of hydrogen-bond donors (Lipinski definition) is 1. The number of nitrogens with one attached hydrogen (secondary N) is 1. The van der Waals surface area contributed by atoms with Gasteiger partial charge in [-0.15, -0.1) is 0 Å². The predicted molar refractivity (Wildman–Crippen MR) is 139 cm³/mol. The Morgan fingerprint density at radius 3 is 2.29 bits per heavy atom. The van der Waals surface area contributed by atoms with Gasteiger partial charge in [0.1, 0.15) is 5.75 Å². The van der Waals surface area contributed by atoms with E-state index in [2.05, 4.69) is 50.4 Å². The molecule has 0 spiro atoms. The number of para-hydroxylation sites is 2. The Morgan fingerprint density at radius 1 is 0.912 bits per heavy atom. The summed E-state index contributed by atoms with van der Waals surface area (Å²) in [5.41, 5.74) is 5.40. The van der Waals surface area contributed by atoms with Gasteiger partial charge in [0.15, 0.2) is 0 Å². The van der Waals surface area contributed by atoms with Gasteiger partial charge < -0.3 is 10.1 Å². The van der Waals surface area contributed by atoms with E-state index in [1.165, 1.54) is 5.56 Å². The molecular weight excluding hydrogens is 420 g/mol. The van der Waals surface area contributed by atoms with E-state index in [-0.39, 0.29) is 11.9 Å². The molecule has 0 aliphatic carbocycles. The minimum atomic E-state index is -0.103. The lowest BCUT2D eigenvalue weighted by atomic mass is 9.97. The zero-order valence-electron chi connectivity index (χ0n) is 20.3. The Morgan fingerprint density at radius 2 is 1.59 bits per heavy atom. The largest absolute Gasteiger partial charge is 0.493 e. The van der Waals surface area contributed by atoms with E-state index in [1.54, 1.807) is 0 Å². The Kier molecular flexibility index (Phi) is 7.27. The van der Waals surface area contributed by atoms with E-state index in [0.29, 0.717) is 18.1 Å². The number of rotatable bonds is 8. The fourth-order valence-corrected chi connectivity index (χ4v) is 4.23. The molecule has 4 aromatic rings. The van der Waals surface area contributed by atoms with Crippen molar-refractivity contribution in [1.29, 1.82) is 0 Å². The van der Waals surface area contributed by atoms with Gasteiger partial charge in [0.2, 0.25) is 0 Å². The van der Waals surface area contributed by atoms with Crippen molar-refractivity contribution < 1.29 is 9.53 Å². The molecule has 1 atom stereocenters. The average molecular weight is 453 g/mol. The van der Waals surface area contributed by atoms with Gasteiger partial charge in [0.25, 0.3) is 5.91 Å². The van der Waals surface area contributed by atoms with Gasteiger partial charge in [-0.25, -0.2) is 4.98 Å². The molecule has 34 heavy (non-hydrogen) atoms. The molecule has 1 heterocycles. The van der Waals surface area contributed by atoms with Crippen molar-refractivity contribution in [2.75, 3.05) is 6.61 Å². The molecule has 1 amide bonds. The van der Waals surface area contributed by atoms with E-state index in [4.69, 9.17) is 9.72 Å². The number of carbonyl (C=O) groups is 1. The molecule has 0 fully saturated rings. The van der Waals surface area contributed by atoms with Crippen molar-refractivity contribution in [1.82, 2.24) is 10.3 Å². The van der Waals surface area contributed by atoms with Crippen LogP contribution in [0.3, 0.4) is 0 Å². The van der Waals surface area contributed by atoms with Crippen LogP contribution in [-0.2, 0) is 0 Å². The molecule has 4 heteroatoms. The third-order valence-electron chi connectivity index (χ3n) is 6.14. The average Bonchev–Trinajstić information content (AvgIpc) is 2.87. The molecule has 0 saturated heterocycles. The Labute approximate surface area is 202 Å². The maximum absolute atomic E-state index is 13.6. The van der Waals surface area contributed by atoms with Gasteiger partial charge in [-0.05, 0) is 54.7 Å². The standard InChI is InChI=1S/C30H32N2O2/c1-5-26(22-17-15-21(16-18-22)20(3)4)32-30(33)25-19-28(31-27-13-9-7-11-23(25)27)24-12-8-10-14-29(24)34-6-2/h7-20,26H,5-6H2,1-4H3,(H,32,33). The summed E-state index contributed by atoms with van der Waals surface area (Å²) >= 11 is 0. The Hall–Kier alpha value is -3.66. The molecule has 1 N–H and O–H groups in total. The molecule has 4 nitrogen and oxygen atoms in total. The molecule has 0 aliphatic heterocycles. The number of fused-ring (bicyclic) bond motifs is 1. The van der Waals surface area contributed by atoms with Gasteiger partial charge in [0.05, 0.1) is 29.4 Å². The van der Waals surface area contributed by atoms with Crippen molar-refractivity contribution >= 4 is 16.8 Å². The summed E-state index contributed by atoms with van der Waals surface area (Å²) in [6, 6.07) is 26.0. The molecule has 174 valence electrons. The molecule has 4 rings (SSSR count). The van der Waals surface area contributed by atoms with Crippen molar-refractivity contribution in [2.24, 2.45) is 0 Å². The zero-order valence-corrected chi connectivity index (χ0v) is 20.3. The highest BCUT2D eigenvalue weighted by Gasteiger charge is 2.19. The van der Waals surface area contributed by atoms with E-state index < -0.39 is 0 Å². The Balaban J connectivity index is 1.72. The van der Waals surface area contributed by atoms with Crippen LogP contribution >= 0.6 is 0 Å². The number of aromatic nitrogens is 1. The highest BCUT2D eigenvalue weighted by atomic mass is 16.5. The van der Waals surface area contributed by atoms with E-state index >= 15 is 0 Å². The molecule has 1 unspecified atom stereocenters. The summed E-state index contributed by atoms with van der Waals surface area (Å²) in [4.78, 5) is 18.5. The van der Waals surface area contributed by atoms with Crippen molar-refractivity contribution in [3.8, 4) is 17.0 Å². The predicted octanol–water partition coefficient (Wildman–Crippen LogP) is 7.31. The second-order valence-electron chi connectivity index (χ2n) is 8.76. The fourth-order valence-electron chi connectivity index (χ4n) is 4.23. The SMILES string of the molecule is CCOc1ccccc1-c1cc(C(=O)NC(CC)c2ccc(C(C)C)cc2)c2ccccc2n1. The number of ether oxygens (including phenoxy) is 1. The van der Waals surface area contributed by atoms with E-state index in [9.17, 15) is 4.79 Å². The van der Waals surface area contributed by atoms with Crippen molar-refractivity contribution in [2.45, 2.75) is 46.1 Å². The van der Waals surface area contributed by atoms with E-state index in [0.717, 1.165) is 39.9 Å². The van der Waals surface area contributed by atoms with Gasteiger partial charge in [0, 0.05) is 10.9 Å². The number of hydrogen-bond acceptors (Lipinski definition) is 3. The first kappa shape index (κ1) is 23.5. The summed E-state index contributed by atoms with van der Waals surface area (Å²) < 4.78 is 5.83. The topological polar surface area (TPSA) is 51.2 Å². The van der Waals surface area contributed by atoms with Crippen LogP contribution in [0.5, 0.6) is 5.75 Å². The van der Waals surface area contributed by atoms with Crippen LogP contribution in [0.2, 0.25) is 0 Å². The van der Waals surface area contributed by atoms with Gasteiger partial charge in [-0.3, -0.25) is 4.79 Å². The quantitative estimate of drug-likeness (QED) is 0.305. The van der Waals surface area contributed by atoms with Crippen molar-refractivity contribution in [3.05, 3.63) is 95.6 Å². The lowest BCUT2D eigenvalue weighted by Crippen LogP contribution is -2.28. The smallest absolute Gasteiger partial charge is 0.252 e. The second-order valence-corrected chi connectivity index (χ2v) is 8.76. The lowest BCUT2D eigenvalue weighted by Gasteiger charge is -2.19. The summed E-state index contributed by atoms with van der Waals surface area (Å²) in [6.07, 6.45) is 0.801. The minimum absolute atomic E-state index is 0.0696. The highest BCUT2D eigenvalue weighted by Crippen LogP contribution is 2.32. The first-order chi connectivity index (χ1) is 16.5. The molecule has 0 bridgehead atoms. The Bertz CT molecular complexity index is 1280. The molecule has 0 aliphatic rings. The zero-order chi connectivity index (χ0) is 24.1. The van der Waals surface area contributed by atoms with Crippen LogP contribution in [0, 0.1) is 0 Å². The number of benzene rings is 3.